The van der Waals surface area contributed by atoms with Gasteiger partial charge in [-0.2, -0.15) is 13.2 Å². The van der Waals surface area contributed by atoms with E-state index in [1.807, 2.05) is 0 Å². The lowest BCUT2D eigenvalue weighted by Gasteiger charge is -2.35. The van der Waals surface area contributed by atoms with Crippen LogP contribution < -0.4 is 5.56 Å². The molecule has 4 heterocycles. The van der Waals surface area contributed by atoms with Gasteiger partial charge in [0.2, 0.25) is 0 Å². The third-order valence-electron chi connectivity index (χ3n) is 8.63. The van der Waals surface area contributed by atoms with E-state index in [9.17, 15) is 32.3 Å². The van der Waals surface area contributed by atoms with Crippen LogP contribution in [0.25, 0.3) is 22.3 Å². The van der Waals surface area contributed by atoms with Crippen molar-refractivity contribution in [3.05, 3.63) is 61.7 Å². The minimum Gasteiger partial charge on any atom is -0.458 e. The lowest BCUT2D eigenvalue weighted by Crippen LogP contribution is -2.44. The summed E-state index contributed by atoms with van der Waals surface area (Å²) in [6.45, 7) is 2.93. The summed E-state index contributed by atoms with van der Waals surface area (Å²) in [5, 5.41) is 11.9. The maximum atomic E-state index is 15.0. The number of esters is 1. The molecular weight excluding hydrogens is 518 g/mol. The Balaban J connectivity index is 1.60. The van der Waals surface area contributed by atoms with E-state index in [0.717, 1.165) is 16.5 Å². The van der Waals surface area contributed by atoms with E-state index in [2.05, 4.69) is 0 Å². The summed E-state index contributed by atoms with van der Waals surface area (Å²) in [5.74, 6) is -1.26. The number of nitrogens with zero attached hydrogens (tertiary/aromatic N) is 3. The molecule has 39 heavy (non-hydrogen) atoms. The molecule has 0 spiro atoms. The summed E-state index contributed by atoms with van der Waals surface area (Å²) in [7, 11) is 1.65. The first-order valence-corrected chi connectivity index (χ1v) is 12.9. The number of ether oxygens (including phenoxy) is 1. The summed E-state index contributed by atoms with van der Waals surface area (Å²) in [5.41, 5.74) is 1.74. The molecule has 1 aliphatic carbocycles. The Labute approximate surface area is 221 Å². The minimum absolute atomic E-state index is 0.00902. The van der Waals surface area contributed by atoms with Gasteiger partial charge < -0.3 is 14.4 Å². The molecule has 2 aliphatic heterocycles. The second-order valence-corrected chi connectivity index (χ2v) is 10.7. The lowest BCUT2D eigenvalue weighted by atomic mass is 9.81. The molecule has 206 valence electrons. The number of alkyl halides is 3. The Bertz CT molecular complexity index is 1630. The molecule has 6 rings (SSSR count). The molecule has 0 amide bonds. The smallest absolute Gasteiger partial charge is 0.390 e. The molecule has 0 saturated carbocycles. The number of carbonyl (C=O) groups excluding carboxylic acids is 1. The number of aliphatic hydroxyl groups is 1. The van der Waals surface area contributed by atoms with Crippen LogP contribution in [0, 0.1) is 12.7 Å². The first-order chi connectivity index (χ1) is 18.4. The van der Waals surface area contributed by atoms with E-state index in [-0.39, 0.29) is 37.2 Å². The normalized spacial score (nSPS) is 21.7. The first-order valence-electron chi connectivity index (χ1n) is 12.9. The number of carbonyl (C=O) groups is 1. The van der Waals surface area contributed by atoms with E-state index >= 15 is 0 Å². The molecule has 0 fully saturated rings. The molecule has 11 heteroatoms. The van der Waals surface area contributed by atoms with Gasteiger partial charge in [-0.25, -0.2) is 14.2 Å². The fourth-order valence-corrected chi connectivity index (χ4v) is 6.43. The molecular formula is C28H27F4N3O4. The van der Waals surface area contributed by atoms with Crippen LogP contribution in [-0.2, 0) is 34.7 Å². The Morgan fingerprint density at radius 2 is 1.97 bits per heavy atom. The van der Waals surface area contributed by atoms with Gasteiger partial charge in [0.05, 0.1) is 35.4 Å². The number of fused-ring (bicyclic) bond motifs is 5. The van der Waals surface area contributed by atoms with Crippen LogP contribution in [0.1, 0.15) is 65.6 Å². The second kappa shape index (κ2) is 8.59. The molecule has 3 aromatic rings. The monoisotopic (exact) mass is 545 g/mol. The minimum atomic E-state index is -4.31. The Hall–Kier alpha value is -3.31. The predicted molar refractivity (Wildman–Crippen MR) is 134 cm³/mol. The van der Waals surface area contributed by atoms with E-state index in [1.165, 1.54) is 10.6 Å². The number of hydrogen-bond acceptors (Lipinski definition) is 6. The van der Waals surface area contributed by atoms with Gasteiger partial charge in [0.15, 0.2) is 5.60 Å². The van der Waals surface area contributed by atoms with E-state index in [0.29, 0.717) is 40.9 Å². The summed E-state index contributed by atoms with van der Waals surface area (Å²) in [6, 6.07) is 2.50. The Morgan fingerprint density at radius 1 is 1.23 bits per heavy atom. The van der Waals surface area contributed by atoms with Gasteiger partial charge in [-0.1, -0.05) is 6.92 Å². The third-order valence-corrected chi connectivity index (χ3v) is 8.63. The summed E-state index contributed by atoms with van der Waals surface area (Å²) in [6.07, 6.45) is -4.32. The molecule has 3 aliphatic rings. The van der Waals surface area contributed by atoms with Gasteiger partial charge in [-0.05, 0) is 56.0 Å². The SMILES string of the molecule is CC[C@@]1(O)C(=O)OCc2c1cc1n(c2=O)Cc2c-1nc1cc(F)c(C)c3c1c2[C@@H](N(C)CCC(F)(F)F)CC3. The zero-order chi connectivity index (χ0) is 28.0. The fourth-order valence-electron chi connectivity index (χ4n) is 6.43. The molecule has 1 aromatic carbocycles. The number of rotatable bonds is 4. The van der Waals surface area contributed by atoms with Crippen molar-refractivity contribution >= 4 is 16.9 Å². The molecule has 2 atom stereocenters. The van der Waals surface area contributed by atoms with E-state index in [4.69, 9.17) is 9.72 Å². The van der Waals surface area contributed by atoms with Crippen molar-refractivity contribution in [1.29, 1.82) is 0 Å². The number of aryl methyl sites for hydroxylation is 1. The molecule has 0 saturated heterocycles. The number of aromatic nitrogens is 2. The summed E-state index contributed by atoms with van der Waals surface area (Å²) < 4.78 is 60.9. The molecule has 1 N–H and O–H groups in total. The van der Waals surface area contributed by atoms with Crippen molar-refractivity contribution in [2.24, 2.45) is 0 Å². The van der Waals surface area contributed by atoms with Crippen LogP contribution >= 0.6 is 0 Å². The van der Waals surface area contributed by atoms with Gasteiger partial charge >= 0.3 is 12.1 Å². The lowest BCUT2D eigenvalue weighted by molar-refractivity contribution is -0.172. The first kappa shape index (κ1) is 25.9. The highest BCUT2D eigenvalue weighted by molar-refractivity contribution is 5.93. The van der Waals surface area contributed by atoms with Gasteiger partial charge in [-0.15, -0.1) is 0 Å². The Morgan fingerprint density at radius 3 is 2.67 bits per heavy atom. The summed E-state index contributed by atoms with van der Waals surface area (Å²) >= 11 is 0. The van der Waals surface area contributed by atoms with Gasteiger partial charge in [0.1, 0.15) is 12.4 Å². The number of halogens is 4. The summed E-state index contributed by atoms with van der Waals surface area (Å²) in [4.78, 5) is 32.6. The van der Waals surface area contributed by atoms with Crippen molar-refractivity contribution in [1.82, 2.24) is 14.5 Å². The molecule has 7 nitrogen and oxygen atoms in total. The quantitative estimate of drug-likeness (QED) is 0.302. The van der Waals surface area contributed by atoms with E-state index < -0.39 is 41.6 Å². The zero-order valence-corrected chi connectivity index (χ0v) is 21.7. The number of benzene rings is 1. The molecule has 0 bridgehead atoms. The van der Waals surface area contributed by atoms with Crippen LogP contribution in [0.4, 0.5) is 17.6 Å². The van der Waals surface area contributed by atoms with Crippen molar-refractivity contribution in [2.45, 2.75) is 70.5 Å². The Kier molecular flexibility index (Phi) is 5.72. The van der Waals surface area contributed by atoms with Crippen LogP contribution in [0.15, 0.2) is 16.9 Å². The van der Waals surface area contributed by atoms with Gasteiger partial charge in [0.25, 0.3) is 5.56 Å². The standard InChI is InChI=1S/C28H27F4N3O4/c1-4-27(38)17-9-21-24-15(11-35(21)25(36)16(17)12-39-26(27)37)23-20(34(3)8-7-28(30,31)32)6-5-14-13(2)18(29)10-19(33-24)22(14)23/h9-10,20,38H,4-8,11-12H2,1-3H3/t20-,27-/m0/s1. The maximum absolute atomic E-state index is 15.0. The highest BCUT2D eigenvalue weighted by Crippen LogP contribution is 2.47. The number of hydrogen-bond donors (Lipinski definition) is 1. The van der Waals surface area contributed by atoms with Crippen LogP contribution in [0.2, 0.25) is 0 Å². The van der Waals surface area contributed by atoms with Crippen molar-refractivity contribution in [2.75, 3.05) is 13.6 Å². The number of pyridine rings is 2. The zero-order valence-electron chi connectivity index (χ0n) is 21.7. The largest absolute Gasteiger partial charge is 0.458 e. The van der Waals surface area contributed by atoms with Gasteiger partial charge in [-0.3, -0.25) is 9.69 Å². The van der Waals surface area contributed by atoms with Crippen molar-refractivity contribution < 1.29 is 32.2 Å². The van der Waals surface area contributed by atoms with Gasteiger partial charge in [0, 0.05) is 35.2 Å². The highest BCUT2D eigenvalue weighted by atomic mass is 19.4. The second-order valence-electron chi connectivity index (χ2n) is 10.7. The van der Waals surface area contributed by atoms with Crippen LogP contribution in [0.5, 0.6) is 0 Å². The average molecular weight is 546 g/mol. The number of cyclic esters (lactones) is 1. The average Bonchev–Trinajstić information content (AvgIpc) is 3.26. The third kappa shape index (κ3) is 3.73. The van der Waals surface area contributed by atoms with Crippen LogP contribution in [0.3, 0.4) is 0 Å². The van der Waals surface area contributed by atoms with E-state index in [1.54, 1.807) is 31.9 Å². The molecule has 0 unspecified atom stereocenters. The van der Waals surface area contributed by atoms with Crippen LogP contribution in [-0.4, -0.2) is 45.3 Å². The molecule has 0 radical (unpaired) electrons. The predicted octanol–water partition coefficient (Wildman–Crippen LogP) is 4.40. The maximum Gasteiger partial charge on any atom is 0.390 e. The topological polar surface area (TPSA) is 84.7 Å². The van der Waals surface area contributed by atoms with Crippen molar-refractivity contribution in [3.8, 4) is 11.4 Å². The molecule has 2 aromatic heterocycles. The fraction of sp³-hybridized carbons (Fsp3) is 0.464. The van der Waals surface area contributed by atoms with Crippen molar-refractivity contribution in [3.63, 3.8) is 0 Å². The highest BCUT2D eigenvalue weighted by Gasteiger charge is 2.46.